The number of hydrogen-bond acceptors (Lipinski definition) is 2. The van der Waals surface area contributed by atoms with Crippen LogP contribution in [0.1, 0.15) is 0 Å². The zero-order valence-electron chi connectivity index (χ0n) is 13.7. The van der Waals surface area contributed by atoms with E-state index in [1.54, 1.807) is 0 Å². The highest BCUT2D eigenvalue weighted by Gasteiger charge is 2.13. The third-order valence-electron chi connectivity index (χ3n) is 4.46. The molecule has 0 saturated heterocycles. The molecule has 4 rings (SSSR count). The molecule has 1 atom stereocenters. The second-order valence-corrected chi connectivity index (χ2v) is 7.10. The minimum Gasteiger partial charge on any atom is -0.389 e. The Hall–Kier alpha value is -2.30. The number of aromatic nitrogens is 1. The van der Waals surface area contributed by atoms with Crippen molar-refractivity contribution in [1.29, 1.82) is 0 Å². The molecule has 0 aliphatic carbocycles. The fourth-order valence-electron chi connectivity index (χ4n) is 3.28. The van der Waals surface area contributed by atoms with Crippen LogP contribution in [-0.4, -0.2) is 22.3 Å². The average Bonchev–Trinajstić information content (AvgIpc) is 2.96. The second-order valence-electron chi connectivity index (χ2n) is 6.19. The molecule has 3 nitrogen and oxygen atoms in total. The smallest absolute Gasteiger partial charge is 0.0891 e. The molecule has 4 aromatic rings. The highest BCUT2D eigenvalue weighted by atomic mass is 79.9. The summed E-state index contributed by atoms with van der Waals surface area (Å²) in [6, 6.07) is 24.7. The van der Waals surface area contributed by atoms with Crippen LogP contribution in [-0.2, 0) is 6.54 Å². The van der Waals surface area contributed by atoms with E-state index in [9.17, 15) is 5.11 Å². The zero-order chi connectivity index (χ0) is 17.2. The van der Waals surface area contributed by atoms with E-state index in [0.29, 0.717) is 13.1 Å². The first kappa shape index (κ1) is 16.2. The van der Waals surface area contributed by atoms with Gasteiger partial charge in [0.1, 0.15) is 0 Å². The van der Waals surface area contributed by atoms with Crippen molar-refractivity contribution >= 4 is 43.4 Å². The maximum absolute atomic E-state index is 10.6. The Kier molecular flexibility index (Phi) is 4.47. The summed E-state index contributed by atoms with van der Waals surface area (Å²) in [7, 11) is 0. The molecule has 0 amide bonds. The molecule has 0 aliphatic heterocycles. The van der Waals surface area contributed by atoms with E-state index >= 15 is 0 Å². The van der Waals surface area contributed by atoms with Crippen LogP contribution in [0.3, 0.4) is 0 Å². The van der Waals surface area contributed by atoms with Crippen LogP contribution in [0.2, 0.25) is 0 Å². The van der Waals surface area contributed by atoms with Gasteiger partial charge in [0.25, 0.3) is 0 Å². The van der Waals surface area contributed by atoms with Crippen molar-refractivity contribution in [2.45, 2.75) is 12.6 Å². The van der Waals surface area contributed by atoms with E-state index in [4.69, 9.17) is 0 Å². The number of halogens is 1. The number of fused-ring (bicyclic) bond motifs is 3. The standard InChI is InChI=1S/C21H19BrN2O/c22-15-9-11-16(12-10-15)23-13-17(25)14-24-20-7-3-1-5-18(20)19-6-2-4-8-21(19)24/h1-12,17,23,25H,13-14H2. The monoisotopic (exact) mass is 394 g/mol. The fraction of sp³-hybridized carbons (Fsp3) is 0.143. The Morgan fingerprint density at radius 2 is 1.40 bits per heavy atom. The summed E-state index contributed by atoms with van der Waals surface area (Å²) in [6.45, 7) is 1.06. The lowest BCUT2D eigenvalue weighted by atomic mass is 10.2. The number of nitrogens with one attached hydrogen (secondary N) is 1. The van der Waals surface area contributed by atoms with Gasteiger partial charge in [-0.25, -0.2) is 0 Å². The molecule has 0 bridgehead atoms. The Labute approximate surface area is 155 Å². The topological polar surface area (TPSA) is 37.2 Å². The van der Waals surface area contributed by atoms with Crippen molar-refractivity contribution in [3.8, 4) is 0 Å². The largest absolute Gasteiger partial charge is 0.389 e. The van der Waals surface area contributed by atoms with Gasteiger partial charge in [0.2, 0.25) is 0 Å². The van der Waals surface area contributed by atoms with E-state index in [1.807, 2.05) is 36.4 Å². The molecule has 1 aromatic heterocycles. The van der Waals surface area contributed by atoms with Gasteiger partial charge in [-0.2, -0.15) is 0 Å². The molecule has 0 saturated carbocycles. The molecule has 3 aromatic carbocycles. The van der Waals surface area contributed by atoms with E-state index < -0.39 is 6.10 Å². The molecular weight excluding hydrogens is 376 g/mol. The zero-order valence-corrected chi connectivity index (χ0v) is 15.3. The SMILES string of the molecule is OC(CNc1ccc(Br)cc1)Cn1c2ccccc2c2ccccc21. The number of rotatable bonds is 5. The van der Waals surface area contributed by atoms with Gasteiger partial charge in [0.15, 0.2) is 0 Å². The maximum Gasteiger partial charge on any atom is 0.0891 e. The quantitative estimate of drug-likeness (QED) is 0.497. The van der Waals surface area contributed by atoms with Crippen molar-refractivity contribution < 1.29 is 5.11 Å². The molecule has 0 aliphatic rings. The molecule has 0 radical (unpaired) electrons. The van der Waals surface area contributed by atoms with Crippen LogP contribution in [0.25, 0.3) is 21.8 Å². The van der Waals surface area contributed by atoms with Gasteiger partial charge in [-0.1, -0.05) is 52.3 Å². The molecule has 1 heterocycles. The summed E-state index contributed by atoms with van der Waals surface area (Å²) in [5, 5.41) is 16.3. The minimum absolute atomic E-state index is 0.483. The van der Waals surface area contributed by atoms with Crippen LogP contribution < -0.4 is 5.32 Å². The van der Waals surface area contributed by atoms with Crippen LogP contribution in [0, 0.1) is 0 Å². The molecule has 2 N–H and O–H groups in total. The molecule has 126 valence electrons. The predicted molar refractivity (Wildman–Crippen MR) is 108 cm³/mol. The van der Waals surface area contributed by atoms with Crippen molar-refractivity contribution in [2.75, 3.05) is 11.9 Å². The molecule has 25 heavy (non-hydrogen) atoms. The minimum atomic E-state index is -0.483. The molecule has 0 spiro atoms. The Morgan fingerprint density at radius 3 is 2.00 bits per heavy atom. The van der Waals surface area contributed by atoms with Crippen molar-refractivity contribution in [2.24, 2.45) is 0 Å². The van der Waals surface area contributed by atoms with Gasteiger partial charge in [0.05, 0.1) is 12.6 Å². The lowest BCUT2D eigenvalue weighted by Crippen LogP contribution is -2.24. The van der Waals surface area contributed by atoms with E-state index in [2.05, 4.69) is 62.2 Å². The first-order chi connectivity index (χ1) is 12.2. The van der Waals surface area contributed by atoms with Gasteiger partial charge in [-0.05, 0) is 36.4 Å². The molecule has 4 heteroatoms. The third kappa shape index (κ3) is 3.28. The summed E-state index contributed by atoms with van der Waals surface area (Å²) in [4.78, 5) is 0. The number of aliphatic hydroxyl groups is 1. The average molecular weight is 395 g/mol. The van der Waals surface area contributed by atoms with Crippen LogP contribution >= 0.6 is 15.9 Å². The highest BCUT2D eigenvalue weighted by molar-refractivity contribution is 9.10. The number of benzene rings is 3. The van der Waals surface area contributed by atoms with Crippen molar-refractivity contribution in [3.63, 3.8) is 0 Å². The highest BCUT2D eigenvalue weighted by Crippen LogP contribution is 2.28. The van der Waals surface area contributed by atoms with Crippen LogP contribution in [0.15, 0.2) is 77.3 Å². The number of nitrogens with zero attached hydrogens (tertiary/aromatic N) is 1. The maximum atomic E-state index is 10.6. The number of aliphatic hydroxyl groups excluding tert-OH is 1. The van der Waals surface area contributed by atoms with E-state index in [0.717, 1.165) is 21.2 Å². The second kappa shape index (κ2) is 6.90. The van der Waals surface area contributed by atoms with Crippen LogP contribution in [0.4, 0.5) is 5.69 Å². The Bertz CT molecular complexity index is 954. The Balaban J connectivity index is 1.58. The van der Waals surface area contributed by atoms with Gasteiger partial charge in [-0.3, -0.25) is 0 Å². The first-order valence-corrected chi connectivity index (χ1v) is 9.15. The molecular formula is C21H19BrN2O. The third-order valence-corrected chi connectivity index (χ3v) is 4.99. The van der Waals surface area contributed by atoms with Gasteiger partial charge >= 0.3 is 0 Å². The number of hydrogen-bond donors (Lipinski definition) is 2. The lowest BCUT2D eigenvalue weighted by Gasteiger charge is -2.15. The number of anilines is 1. The van der Waals surface area contributed by atoms with Gasteiger partial charge in [-0.15, -0.1) is 0 Å². The summed E-state index contributed by atoms with van der Waals surface area (Å²) in [5.41, 5.74) is 3.32. The summed E-state index contributed by atoms with van der Waals surface area (Å²) in [5.74, 6) is 0. The van der Waals surface area contributed by atoms with Crippen molar-refractivity contribution in [3.05, 3.63) is 77.3 Å². The van der Waals surface area contributed by atoms with Gasteiger partial charge in [0, 0.05) is 38.5 Å². The normalized spacial score (nSPS) is 12.6. The fourth-order valence-corrected chi connectivity index (χ4v) is 3.54. The van der Waals surface area contributed by atoms with E-state index in [-0.39, 0.29) is 0 Å². The summed E-state index contributed by atoms with van der Waals surface area (Å²) >= 11 is 3.43. The van der Waals surface area contributed by atoms with Crippen molar-refractivity contribution in [1.82, 2.24) is 4.57 Å². The summed E-state index contributed by atoms with van der Waals surface area (Å²) < 4.78 is 3.25. The van der Waals surface area contributed by atoms with Gasteiger partial charge < -0.3 is 15.0 Å². The lowest BCUT2D eigenvalue weighted by molar-refractivity contribution is 0.169. The number of para-hydroxylation sites is 2. The molecule has 1 unspecified atom stereocenters. The molecule has 0 fully saturated rings. The van der Waals surface area contributed by atoms with E-state index in [1.165, 1.54) is 10.8 Å². The summed E-state index contributed by atoms with van der Waals surface area (Å²) in [6.07, 6.45) is -0.483. The van der Waals surface area contributed by atoms with Crippen LogP contribution in [0.5, 0.6) is 0 Å². The predicted octanol–water partition coefficient (Wildman–Crippen LogP) is 5.03. The first-order valence-electron chi connectivity index (χ1n) is 8.36. The Morgan fingerprint density at radius 1 is 0.840 bits per heavy atom.